The fourth-order valence-electron chi connectivity index (χ4n) is 2.69. The molecule has 0 fully saturated rings. The van der Waals surface area contributed by atoms with E-state index in [9.17, 15) is 9.59 Å². The maximum atomic E-state index is 12.4. The van der Waals surface area contributed by atoms with Gasteiger partial charge < -0.3 is 10.2 Å². The molecule has 0 atom stereocenters. The topological polar surface area (TPSA) is 49.4 Å². The van der Waals surface area contributed by atoms with Crippen LogP contribution in [0.1, 0.15) is 45.7 Å². The molecule has 1 N–H and O–H groups in total. The standard InChI is InChI=1S/C22H28N2O2/c1-6-17-7-11-19(12-8-17)23-21(26)15-24(16(2)25)20-13-9-18(10-14-20)22(3,4)5/h7-14H,6,15H2,1-5H3,(H,23,26). The van der Waals surface area contributed by atoms with Crippen LogP contribution in [0.2, 0.25) is 0 Å². The van der Waals surface area contributed by atoms with Gasteiger partial charge in [-0.15, -0.1) is 0 Å². The zero-order valence-corrected chi connectivity index (χ0v) is 16.3. The fraction of sp³-hybridized carbons (Fsp3) is 0.364. The lowest BCUT2D eigenvalue weighted by atomic mass is 9.87. The summed E-state index contributed by atoms with van der Waals surface area (Å²) < 4.78 is 0. The Hall–Kier alpha value is -2.62. The van der Waals surface area contributed by atoms with Gasteiger partial charge >= 0.3 is 0 Å². The van der Waals surface area contributed by atoms with E-state index in [-0.39, 0.29) is 23.8 Å². The quantitative estimate of drug-likeness (QED) is 0.859. The van der Waals surface area contributed by atoms with Gasteiger partial charge in [0.1, 0.15) is 6.54 Å². The summed E-state index contributed by atoms with van der Waals surface area (Å²) in [5.74, 6) is -0.380. The molecule has 0 aromatic heterocycles. The predicted molar refractivity (Wildman–Crippen MR) is 108 cm³/mol. The zero-order valence-electron chi connectivity index (χ0n) is 16.3. The monoisotopic (exact) mass is 352 g/mol. The molecule has 0 aliphatic heterocycles. The number of benzene rings is 2. The molecule has 138 valence electrons. The first-order valence-corrected chi connectivity index (χ1v) is 8.98. The van der Waals surface area contributed by atoms with Crippen molar-refractivity contribution >= 4 is 23.2 Å². The molecule has 4 nitrogen and oxygen atoms in total. The molecule has 0 spiro atoms. The summed E-state index contributed by atoms with van der Waals surface area (Å²) in [6.07, 6.45) is 0.955. The maximum absolute atomic E-state index is 12.4. The van der Waals surface area contributed by atoms with Gasteiger partial charge in [-0.05, 0) is 47.2 Å². The number of anilines is 2. The predicted octanol–water partition coefficient (Wildman–Crippen LogP) is 4.54. The SMILES string of the molecule is CCc1ccc(NC(=O)CN(C(C)=O)c2ccc(C(C)(C)C)cc2)cc1. The minimum Gasteiger partial charge on any atom is -0.325 e. The van der Waals surface area contributed by atoms with Gasteiger partial charge in [-0.1, -0.05) is 52.0 Å². The smallest absolute Gasteiger partial charge is 0.244 e. The molecule has 0 aliphatic rings. The molecule has 2 aromatic rings. The Labute approximate surface area is 156 Å². The Morgan fingerprint density at radius 1 is 0.962 bits per heavy atom. The van der Waals surface area contributed by atoms with Crippen molar-refractivity contribution < 1.29 is 9.59 Å². The molecule has 0 unspecified atom stereocenters. The summed E-state index contributed by atoms with van der Waals surface area (Å²) in [5.41, 5.74) is 3.90. The van der Waals surface area contributed by atoms with Gasteiger partial charge in [-0.2, -0.15) is 0 Å². The average molecular weight is 352 g/mol. The summed E-state index contributed by atoms with van der Waals surface area (Å²) in [6.45, 7) is 9.97. The van der Waals surface area contributed by atoms with Gasteiger partial charge in [-0.25, -0.2) is 0 Å². The van der Waals surface area contributed by atoms with Crippen molar-refractivity contribution in [2.75, 3.05) is 16.8 Å². The molecule has 2 aromatic carbocycles. The fourth-order valence-corrected chi connectivity index (χ4v) is 2.69. The van der Waals surface area contributed by atoms with Crippen LogP contribution in [0.25, 0.3) is 0 Å². The number of aryl methyl sites for hydroxylation is 1. The second-order valence-corrected chi connectivity index (χ2v) is 7.50. The lowest BCUT2D eigenvalue weighted by Crippen LogP contribution is -2.36. The number of nitrogens with zero attached hydrogens (tertiary/aromatic N) is 1. The molecule has 0 radical (unpaired) electrons. The van der Waals surface area contributed by atoms with Gasteiger partial charge in [0.05, 0.1) is 0 Å². The number of carbonyl (C=O) groups is 2. The summed E-state index contributed by atoms with van der Waals surface area (Å²) >= 11 is 0. The highest BCUT2D eigenvalue weighted by Crippen LogP contribution is 2.25. The summed E-state index contributed by atoms with van der Waals surface area (Å²) in [6, 6.07) is 15.5. The zero-order chi connectivity index (χ0) is 19.3. The molecule has 2 amide bonds. The molecule has 4 heteroatoms. The van der Waals surface area contributed by atoms with Crippen LogP contribution in [0.5, 0.6) is 0 Å². The van der Waals surface area contributed by atoms with E-state index in [0.29, 0.717) is 0 Å². The third-order valence-corrected chi connectivity index (χ3v) is 4.37. The average Bonchev–Trinajstić information content (AvgIpc) is 2.59. The van der Waals surface area contributed by atoms with Crippen LogP contribution in [0, 0.1) is 0 Å². The van der Waals surface area contributed by atoms with E-state index in [1.165, 1.54) is 23.0 Å². The van der Waals surface area contributed by atoms with Crippen LogP contribution < -0.4 is 10.2 Å². The van der Waals surface area contributed by atoms with Crippen molar-refractivity contribution in [1.82, 2.24) is 0 Å². The van der Waals surface area contributed by atoms with Crippen LogP contribution >= 0.6 is 0 Å². The van der Waals surface area contributed by atoms with E-state index in [2.05, 4.69) is 33.0 Å². The Kier molecular flexibility index (Phi) is 6.19. The van der Waals surface area contributed by atoms with Gasteiger partial charge in [0.25, 0.3) is 0 Å². The molecule has 0 bridgehead atoms. The van der Waals surface area contributed by atoms with Crippen LogP contribution in [0.15, 0.2) is 48.5 Å². The number of hydrogen-bond acceptors (Lipinski definition) is 2. The van der Waals surface area contributed by atoms with Crippen molar-refractivity contribution in [3.8, 4) is 0 Å². The van der Waals surface area contributed by atoms with Crippen molar-refractivity contribution in [3.63, 3.8) is 0 Å². The number of nitrogens with one attached hydrogen (secondary N) is 1. The van der Waals surface area contributed by atoms with Crippen LogP contribution in [0.3, 0.4) is 0 Å². The third-order valence-electron chi connectivity index (χ3n) is 4.37. The third kappa shape index (κ3) is 5.19. The van der Waals surface area contributed by atoms with E-state index in [1.807, 2.05) is 48.5 Å². The van der Waals surface area contributed by atoms with E-state index in [1.54, 1.807) is 0 Å². The minimum atomic E-state index is -0.218. The summed E-state index contributed by atoms with van der Waals surface area (Å²) in [5, 5.41) is 2.85. The first-order valence-electron chi connectivity index (χ1n) is 8.98. The largest absolute Gasteiger partial charge is 0.325 e. The molecular weight excluding hydrogens is 324 g/mol. The normalized spacial score (nSPS) is 11.1. The summed E-state index contributed by atoms with van der Waals surface area (Å²) in [7, 11) is 0. The van der Waals surface area contributed by atoms with Crippen LogP contribution in [0.4, 0.5) is 11.4 Å². The molecular formula is C22H28N2O2. The van der Waals surface area contributed by atoms with Crippen molar-refractivity contribution in [2.24, 2.45) is 0 Å². The maximum Gasteiger partial charge on any atom is 0.244 e. The number of hydrogen-bond donors (Lipinski definition) is 1. The number of rotatable bonds is 5. The minimum absolute atomic E-state index is 0.0142. The lowest BCUT2D eigenvalue weighted by molar-refractivity contribution is -0.120. The lowest BCUT2D eigenvalue weighted by Gasteiger charge is -2.23. The molecule has 26 heavy (non-hydrogen) atoms. The highest BCUT2D eigenvalue weighted by Gasteiger charge is 2.18. The van der Waals surface area contributed by atoms with Gasteiger partial charge in [-0.3, -0.25) is 9.59 Å². The van der Waals surface area contributed by atoms with Crippen molar-refractivity contribution in [3.05, 3.63) is 59.7 Å². The Bertz CT molecular complexity index is 756. The first-order chi connectivity index (χ1) is 12.2. The highest BCUT2D eigenvalue weighted by molar-refractivity contribution is 6.01. The Morgan fingerprint density at radius 3 is 2.00 bits per heavy atom. The van der Waals surface area contributed by atoms with E-state index >= 15 is 0 Å². The van der Waals surface area contributed by atoms with E-state index in [4.69, 9.17) is 0 Å². The molecule has 2 rings (SSSR count). The number of amides is 2. The van der Waals surface area contributed by atoms with Crippen LogP contribution in [-0.4, -0.2) is 18.4 Å². The number of carbonyl (C=O) groups excluding carboxylic acids is 2. The first kappa shape index (κ1) is 19.7. The van der Waals surface area contributed by atoms with E-state index in [0.717, 1.165) is 17.8 Å². The molecule has 0 heterocycles. The second-order valence-electron chi connectivity index (χ2n) is 7.50. The van der Waals surface area contributed by atoms with Crippen molar-refractivity contribution in [2.45, 2.75) is 46.5 Å². The Morgan fingerprint density at radius 2 is 1.54 bits per heavy atom. The molecule has 0 saturated heterocycles. The molecule has 0 saturated carbocycles. The highest BCUT2D eigenvalue weighted by atomic mass is 16.2. The van der Waals surface area contributed by atoms with Gasteiger partial charge in [0.15, 0.2) is 0 Å². The van der Waals surface area contributed by atoms with E-state index < -0.39 is 0 Å². The van der Waals surface area contributed by atoms with Crippen molar-refractivity contribution in [1.29, 1.82) is 0 Å². The summed E-state index contributed by atoms with van der Waals surface area (Å²) in [4.78, 5) is 25.9. The van der Waals surface area contributed by atoms with Gasteiger partial charge in [0, 0.05) is 18.3 Å². The second kappa shape index (κ2) is 8.17. The Balaban J connectivity index is 2.09. The van der Waals surface area contributed by atoms with Crippen LogP contribution in [-0.2, 0) is 21.4 Å². The molecule has 0 aliphatic carbocycles. The van der Waals surface area contributed by atoms with Gasteiger partial charge in [0.2, 0.25) is 11.8 Å².